The van der Waals surface area contributed by atoms with E-state index in [1.807, 2.05) is 30.3 Å². The molecule has 0 spiro atoms. The predicted octanol–water partition coefficient (Wildman–Crippen LogP) is 3.47. The van der Waals surface area contributed by atoms with Crippen LogP contribution in [0.3, 0.4) is 0 Å². The number of rotatable bonds is 4. The van der Waals surface area contributed by atoms with Crippen molar-refractivity contribution >= 4 is 29.1 Å². The van der Waals surface area contributed by atoms with E-state index in [-0.39, 0.29) is 11.8 Å². The molecule has 0 bridgehead atoms. The molecule has 1 N–H and O–H groups in total. The molecule has 0 aliphatic carbocycles. The summed E-state index contributed by atoms with van der Waals surface area (Å²) >= 11 is 6.82. The third kappa shape index (κ3) is 4.04. The number of nitrogens with one attached hydrogen (secondary N) is 1. The summed E-state index contributed by atoms with van der Waals surface area (Å²) < 4.78 is 1.65. The van der Waals surface area contributed by atoms with Crippen LogP contribution in [0.4, 0.5) is 5.69 Å². The molecule has 3 aromatic rings. The highest BCUT2D eigenvalue weighted by Crippen LogP contribution is 2.40. The van der Waals surface area contributed by atoms with Gasteiger partial charge in [0.25, 0.3) is 5.91 Å². The third-order valence-corrected chi connectivity index (χ3v) is 7.31. The van der Waals surface area contributed by atoms with E-state index in [1.165, 1.54) is 0 Å². The molecule has 2 amide bonds. The first-order valence-electron chi connectivity index (χ1n) is 11.3. The van der Waals surface area contributed by atoms with Crippen molar-refractivity contribution in [3.05, 3.63) is 52.4 Å². The monoisotopic (exact) mass is 466 g/mol. The number of amides is 2. The second-order valence-electron chi connectivity index (χ2n) is 8.98. The lowest BCUT2D eigenvalue weighted by atomic mass is 9.88. The smallest absolute Gasteiger partial charge is 0.257 e. The van der Waals surface area contributed by atoms with Gasteiger partial charge < -0.3 is 9.80 Å². The summed E-state index contributed by atoms with van der Waals surface area (Å²) in [4.78, 5) is 28.3. The standard InChI is InChI=1S/C24H27ClN6O2/c1-29-14-17(13-27-29)24(33)31-9-7-15(8-10-31)11-16-12-26-28-23(16)19-3-5-20-18(22(19)25)4-6-21(32)30(20)2/h3,5,12-15H,4,6-11H2,1-2H3,(H,26,28). The molecule has 1 aromatic carbocycles. The van der Waals surface area contributed by atoms with Crippen LogP contribution in [0.1, 0.15) is 40.7 Å². The number of likely N-dealkylation sites (tertiary alicyclic amines) is 1. The van der Waals surface area contributed by atoms with Gasteiger partial charge in [0, 0.05) is 57.3 Å². The molecule has 172 valence electrons. The number of fused-ring (bicyclic) bond motifs is 1. The van der Waals surface area contributed by atoms with Crippen LogP contribution in [0.25, 0.3) is 11.3 Å². The predicted molar refractivity (Wildman–Crippen MR) is 126 cm³/mol. The number of halogens is 1. The summed E-state index contributed by atoms with van der Waals surface area (Å²) in [5, 5.41) is 12.3. The molecule has 2 aromatic heterocycles. The second-order valence-corrected chi connectivity index (χ2v) is 9.36. The van der Waals surface area contributed by atoms with E-state index in [1.54, 1.807) is 29.0 Å². The molecular formula is C24H27ClN6O2. The maximum atomic E-state index is 12.7. The molecule has 4 heterocycles. The molecule has 8 nitrogen and oxygen atoms in total. The lowest BCUT2D eigenvalue weighted by Gasteiger charge is -2.32. The topological polar surface area (TPSA) is 87.1 Å². The van der Waals surface area contributed by atoms with Crippen LogP contribution in [-0.2, 0) is 24.7 Å². The Morgan fingerprint density at radius 2 is 2.00 bits per heavy atom. The van der Waals surface area contributed by atoms with Gasteiger partial charge in [-0.1, -0.05) is 11.6 Å². The van der Waals surface area contributed by atoms with Crippen LogP contribution in [0.5, 0.6) is 0 Å². The number of anilines is 1. The van der Waals surface area contributed by atoms with E-state index in [0.717, 1.165) is 60.4 Å². The summed E-state index contributed by atoms with van der Waals surface area (Å²) in [6.07, 6.45) is 9.23. The summed E-state index contributed by atoms with van der Waals surface area (Å²) in [6.45, 7) is 1.48. The van der Waals surface area contributed by atoms with E-state index in [2.05, 4.69) is 15.3 Å². The number of hydrogen-bond acceptors (Lipinski definition) is 4. The fraction of sp³-hybridized carbons (Fsp3) is 0.417. The first-order valence-corrected chi connectivity index (χ1v) is 11.7. The Hall–Kier alpha value is -3.13. The van der Waals surface area contributed by atoms with Crippen LogP contribution in [0.2, 0.25) is 5.02 Å². The van der Waals surface area contributed by atoms with Gasteiger partial charge in [0.2, 0.25) is 5.91 Å². The molecule has 0 radical (unpaired) electrons. The van der Waals surface area contributed by atoms with Gasteiger partial charge in [0.15, 0.2) is 0 Å². The Kier molecular flexibility index (Phi) is 5.70. The molecule has 5 rings (SSSR count). The normalized spacial score (nSPS) is 16.9. The van der Waals surface area contributed by atoms with E-state index in [0.29, 0.717) is 29.3 Å². The number of piperidine rings is 1. The van der Waals surface area contributed by atoms with Gasteiger partial charge in [0.05, 0.1) is 22.5 Å². The lowest BCUT2D eigenvalue weighted by Crippen LogP contribution is -2.38. The van der Waals surface area contributed by atoms with Crippen LogP contribution < -0.4 is 4.90 Å². The number of aryl methyl sites for hydroxylation is 1. The lowest BCUT2D eigenvalue weighted by molar-refractivity contribution is -0.118. The summed E-state index contributed by atoms with van der Waals surface area (Å²) in [7, 11) is 3.61. The largest absolute Gasteiger partial charge is 0.339 e. The summed E-state index contributed by atoms with van der Waals surface area (Å²) in [5.74, 6) is 0.634. The Morgan fingerprint density at radius 1 is 1.21 bits per heavy atom. The minimum atomic E-state index is 0.0508. The van der Waals surface area contributed by atoms with Crippen molar-refractivity contribution < 1.29 is 9.59 Å². The van der Waals surface area contributed by atoms with Crippen molar-refractivity contribution in [2.24, 2.45) is 13.0 Å². The van der Waals surface area contributed by atoms with Gasteiger partial charge in [0.1, 0.15) is 0 Å². The Morgan fingerprint density at radius 3 is 2.73 bits per heavy atom. The number of carbonyl (C=O) groups is 2. The fourth-order valence-corrected chi connectivity index (χ4v) is 5.29. The average Bonchev–Trinajstić information content (AvgIpc) is 3.46. The van der Waals surface area contributed by atoms with E-state index in [4.69, 9.17) is 11.6 Å². The van der Waals surface area contributed by atoms with Crippen molar-refractivity contribution in [1.82, 2.24) is 24.9 Å². The minimum absolute atomic E-state index is 0.0508. The molecule has 0 atom stereocenters. The zero-order valence-corrected chi connectivity index (χ0v) is 19.6. The molecule has 2 aliphatic heterocycles. The van der Waals surface area contributed by atoms with Gasteiger partial charge in [-0.25, -0.2) is 0 Å². The minimum Gasteiger partial charge on any atom is -0.339 e. The molecule has 0 saturated carbocycles. The second kappa shape index (κ2) is 8.67. The zero-order valence-electron chi connectivity index (χ0n) is 18.8. The van der Waals surface area contributed by atoms with Crippen molar-refractivity contribution in [3.8, 4) is 11.3 Å². The number of carbonyl (C=O) groups excluding carboxylic acids is 2. The van der Waals surface area contributed by atoms with Gasteiger partial charge >= 0.3 is 0 Å². The van der Waals surface area contributed by atoms with Crippen LogP contribution in [0.15, 0.2) is 30.7 Å². The molecule has 1 saturated heterocycles. The number of aromatic nitrogens is 4. The van der Waals surface area contributed by atoms with Crippen molar-refractivity contribution in [3.63, 3.8) is 0 Å². The van der Waals surface area contributed by atoms with Crippen molar-refractivity contribution in [2.45, 2.75) is 32.1 Å². The van der Waals surface area contributed by atoms with Crippen molar-refractivity contribution in [2.75, 3.05) is 25.0 Å². The van der Waals surface area contributed by atoms with E-state index in [9.17, 15) is 9.59 Å². The van der Waals surface area contributed by atoms with Gasteiger partial charge in [-0.2, -0.15) is 10.2 Å². The number of hydrogen-bond donors (Lipinski definition) is 1. The molecule has 0 unspecified atom stereocenters. The van der Waals surface area contributed by atoms with E-state index >= 15 is 0 Å². The Labute approximate surface area is 197 Å². The van der Waals surface area contributed by atoms with Crippen molar-refractivity contribution in [1.29, 1.82) is 0 Å². The maximum Gasteiger partial charge on any atom is 0.257 e. The molecule has 1 fully saturated rings. The SMILES string of the molecule is CN1C(=O)CCc2c1ccc(-c1n[nH]cc1CC1CCN(C(=O)c3cnn(C)c3)CC1)c2Cl. The summed E-state index contributed by atoms with van der Waals surface area (Å²) in [6, 6.07) is 3.93. The van der Waals surface area contributed by atoms with E-state index < -0.39 is 0 Å². The van der Waals surface area contributed by atoms with Crippen LogP contribution >= 0.6 is 11.6 Å². The third-order valence-electron chi connectivity index (χ3n) is 6.88. The molecule has 2 aliphatic rings. The number of aromatic amines is 1. The zero-order chi connectivity index (χ0) is 23.1. The average molecular weight is 467 g/mol. The number of H-pyrrole nitrogens is 1. The first-order chi connectivity index (χ1) is 15.9. The van der Waals surface area contributed by atoms with Crippen LogP contribution in [-0.4, -0.2) is 56.8 Å². The molecular weight excluding hydrogens is 440 g/mol. The fourth-order valence-electron chi connectivity index (χ4n) is 4.95. The van der Waals surface area contributed by atoms with Gasteiger partial charge in [-0.3, -0.25) is 19.4 Å². The number of benzene rings is 1. The molecule has 9 heteroatoms. The van der Waals surface area contributed by atoms with Gasteiger partial charge in [-0.15, -0.1) is 0 Å². The first kappa shape index (κ1) is 21.7. The molecule has 33 heavy (non-hydrogen) atoms. The highest BCUT2D eigenvalue weighted by molar-refractivity contribution is 6.34. The maximum absolute atomic E-state index is 12.7. The quantitative estimate of drug-likeness (QED) is 0.637. The summed E-state index contributed by atoms with van der Waals surface area (Å²) in [5.41, 5.74) is 5.43. The Bertz CT molecular complexity index is 1210. The highest BCUT2D eigenvalue weighted by atomic mass is 35.5. The van der Waals surface area contributed by atoms with Gasteiger partial charge in [-0.05, 0) is 54.9 Å². The highest BCUT2D eigenvalue weighted by Gasteiger charge is 2.28. The Balaban J connectivity index is 1.29. The van der Waals surface area contributed by atoms with Crippen LogP contribution in [0, 0.1) is 5.92 Å². The number of nitrogens with zero attached hydrogens (tertiary/aromatic N) is 5.